The fraction of sp³-hybridized carbons (Fsp3) is 0.789. The van der Waals surface area contributed by atoms with Gasteiger partial charge in [-0.3, -0.25) is 4.90 Å². The molecule has 1 fully saturated rings. The Hall–Kier alpha value is -2.52. The maximum absolute atomic E-state index is 12.6. The second-order valence-electron chi connectivity index (χ2n) is 8.81. The van der Waals surface area contributed by atoms with Crippen LogP contribution >= 0.6 is 0 Å². The zero-order chi connectivity index (χ0) is 22.6. The van der Waals surface area contributed by atoms with Crippen molar-refractivity contribution in [3.8, 4) is 0 Å². The molecule has 2 unspecified atom stereocenters. The first-order valence-electron chi connectivity index (χ1n) is 9.33. The first-order chi connectivity index (χ1) is 13.2. The number of nitrogens with zero attached hydrogens (tertiary/aromatic N) is 1. The van der Waals surface area contributed by atoms with Crippen LogP contribution in [0, 0.1) is 5.92 Å². The molecule has 10 heteroatoms. The van der Waals surface area contributed by atoms with Gasteiger partial charge in [-0.05, 0) is 48.0 Å². The number of esters is 2. The molecule has 0 aromatic heterocycles. The van der Waals surface area contributed by atoms with E-state index in [1.165, 1.54) is 19.1 Å². The highest BCUT2D eigenvalue weighted by atomic mass is 16.6. The quantitative estimate of drug-likeness (QED) is 0.544. The van der Waals surface area contributed by atoms with Crippen molar-refractivity contribution in [2.45, 2.75) is 71.2 Å². The highest BCUT2D eigenvalue weighted by molar-refractivity contribution is 5.84. The first-order valence-corrected chi connectivity index (χ1v) is 9.33. The van der Waals surface area contributed by atoms with E-state index in [4.69, 9.17) is 18.9 Å². The highest BCUT2D eigenvalue weighted by Crippen LogP contribution is 2.29. The number of rotatable bonds is 4. The van der Waals surface area contributed by atoms with Crippen LogP contribution in [-0.2, 0) is 28.5 Å². The predicted molar refractivity (Wildman–Crippen MR) is 102 cm³/mol. The van der Waals surface area contributed by atoms with Crippen LogP contribution in [0.4, 0.5) is 9.59 Å². The van der Waals surface area contributed by atoms with Crippen molar-refractivity contribution in [2.24, 2.45) is 5.92 Å². The number of carbonyl (C=O) groups excluding carboxylic acids is 4. The lowest BCUT2D eigenvalue weighted by molar-refractivity contribution is -0.146. The topological polar surface area (TPSA) is 120 Å². The van der Waals surface area contributed by atoms with Gasteiger partial charge in [0.15, 0.2) is 0 Å². The SMILES string of the molecule is COC(=O)C1CC([C@H](NC(=O)OC(C)(C)C)C(=O)OC)CN1C(=O)OC(C)(C)C. The summed E-state index contributed by atoms with van der Waals surface area (Å²) >= 11 is 0. The second-order valence-corrected chi connectivity index (χ2v) is 8.81. The third kappa shape index (κ3) is 7.43. The van der Waals surface area contributed by atoms with Crippen LogP contribution in [0.2, 0.25) is 0 Å². The van der Waals surface area contributed by atoms with Gasteiger partial charge >= 0.3 is 24.1 Å². The van der Waals surface area contributed by atoms with Crippen molar-refractivity contribution >= 4 is 24.1 Å². The van der Waals surface area contributed by atoms with E-state index in [9.17, 15) is 19.2 Å². The Morgan fingerprint density at radius 2 is 1.48 bits per heavy atom. The molecule has 10 nitrogen and oxygen atoms in total. The maximum Gasteiger partial charge on any atom is 0.411 e. The molecular weight excluding hydrogens is 384 g/mol. The lowest BCUT2D eigenvalue weighted by atomic mass is 9.96. The molecule has 0 aromatic rings. The smallest absolute Gasteiger partial charge is 0.411 e. The molecule has 1 rings (SSSR count). The number of likely N-dealkylation sites (tertiary alicyclic amines) is 1. The summed E-state index contributed by atoms with van der Waals surface area (Å²) in [7, 11) is 2.39. The highest BCUT2D eigenvalue weighted by Gasteiger charge is 2.47. The van der Waals surface area contributed by atoms with Crippen LogP contribution in [0.3, 0.4) is 0 Å². The van der Waals surface area contributed by atoms with E-state index >= 15 is 0 Å². The fourth-order valence-corrected chi connectivity index (χ4v) is 2.92. The molecule has 0 radical (unpaired) electrons. The van der Waals surface area contributed by atoms with Crippen molar-refractivity contribution in [1.82, 2.24) is 10.2 Å². The summed E-state index contributed by atoms with van der Waals surface area (Å²) in [6, 6.07) is -2.07. The van der Waals surface area contributed by atoms with Crippen molar-refractivity contribution in [3.05, 3.63) is 0 Å². The van der Waals surface area contributed by atoms with Crippen LogP contribution in [-0.4, -0.2) is 73.1 Å². The van der Waals surface area contributed by atoms with Gasteiger partial charge in [-0.25, -0.2) is 19.2 Å². The van der Waals surface area contributed by atoms with E-state index in [1.807, 2.05) is 0 Å². The van der Waals surface area contributed by atoms with Crippen molar-refractivity contribution < 1.29 is 38.1 Å². The summed E-state index contributed by atoms with van der Waals surface area (Å²) in [6.07, 6.45) is -1.43. The third-order valence-corrected chi connectivity index (χ3v) is 4.03. The number of carbonyl (C=O) groups is 4. The lowest BCUT2D eigenvalue weighted by Gasteiger charge is -2.28. The van der Waals surface area contributed by atoms with Crippen LogP contribution in [0.5, 0.6) is 0 Å². The summed E-state index contributed by atoms with van der Waals surface area (Å²) in [4.78, 5) is 50.5. The van der Waals surface area contributed by atoms with Gasteiger partial charge < -0.3 is 24.3 Å². The average molecular weight is 416 g/mol. The molecule has 2 amide bonds. The molecule has 29 heavy (non-hydrogen) atoms. The average Bonchev–Trinajstić information content (AvgIpc) is 3.00. The number of amides is 2. The van der Waals surface area contributed by atoms with Crippen molar-refractivity contribution in [2.75, 3.05) is 20.8 Å². The first kappa shape index (κ1) is 24.5. The Morgan fingerprint density at radius 3 is 1.93 bits per heavy atom. The summed E-state index contributed by atoms with van der Waals surface area (Å²) < 4.78 is 20.1. The maximum atomic E-state index is 12.6. The van der Waals surface area contributed by atoms with Gasteiger partial charge in [0.25, 0.3) is 0 Å². The summed E-state index contributed by atoms with van der Waals surface area (Å²) in [5, 5.41) is 2.48. The van der Waals surface area contributed by atoms with Crippen LogP contribution in [0.1, 0.15) is 48.0 Å². The van der Waals surface area contributed by atoms with E-state index in [0.717, 1.165) is 0 Å². The van der Waals surface area contributed by atoms with Crippen molar-refractivity contribution in [1.29, 1.82) is 0 Å². The minimum atomic E-state index is -1.12. The molecule has 1 N–H and O–H groups in total. The number of hydrogen-bond donors (Lipinski definition) is 1. The van der Waals surface area contributed by atoms with Crippen LogP contribution < -0.4 is 5.32 Å². The predicted octanol–water partition coefficient (Wildman–Crippen LogP) is 1.85. The molecule has 0 aromatic carbocycles. The number of ether oxygens (including phenoxy) is 4. The van der Waals surface area contributed by atoms with Gasteiger partial charge in [-0.1, -0.05) is 0 Å². The lowest BCUT2D eigenvalue weighted by Crippen LogP contribution is -2.49. The van der Waals surface area contributed by atoms with Crippen molar-refractivity contribution in [3.63, 3.8) is 0 Å². The van der Waals surface area contributed by atoms with Crippen LogP contribution in [0.15, 0.2) is 0 Å². The Kier molecular flexibility index (Phi) is 7.88. The normalized spacial score (nSPS) is 20.5. The molecule has 166 valence electrons. The molecule has 0 aliphatic carbocycles. The molecule has 3 atom stereocenters. The zero-order valence-electron chi connectivity index (χ0n) is 18.4. The van der Waals surface area contributed by atoms with E-state index in [1.54, 1.807) is 41.5 Å². The Balaban J connectivity index is 3.07. The van der Waals surface area contributed by atoms with Gasteiger partial charge in [0, 0.05) is 12.5 Å². The third-order valence-electron chi connectivity index (χ3n) is 4.03. The largest absolute Gasteiger partial charge is 0.467 e. The van der Waals surface area contributed by atoms with Gasteiger partial charge in [0.05, 0.1) is 14.2 Å². The monoisotopic (exact) mass is 416 g/mol. The molecule has 0 bridgehead atoms. The standard InChI is InChI=1S/C19H32N2O8/c1-18(2,3)28-16(24)20-13(15(23)27-8)11-9-12(14(22)26-7)21(10-11)17(25)29-19(4,5)6/h11-13H,9-10H2,1-8H3,(H,20,24)/t11?,12?,13-/m0/s1. The molecule has 0 saturated carbocycles. The Morgan fingerprint density at radius 1 is 0.931 bits per heavy atom. The second kappa shape index (κ2) is 9.32. The van der Waals surface area contributed by atoms with E-state index in [-0.39, 0.29) is 13.0 Å². The van der Waals surface area contributed by atoms with Gasteiger partial charge in [0.1, 0.15) is 23.3 Å². The molecule has 1 heterocycles. The summed E-state index contributed by atoms with van der Waals surface area (Å²) in [5.41, 5.74) is -1.54. The van der Waals surface area contributed by atoms with E-state index < -0.39 is 53.3 Å². The van der Waals surface area contributed by atoms with Gasteiger partial charge in [-0.2, -0.15) is 0 Å². The summed E-state index contributed by atoms with van der Waals surface area (Å²) in [6.45, 7) is 10.2. The Bertz CT molecular complexity index is 635. The number of alkyl carbamates (subject to hydrolysis) is 1. The minimum absolute atomic E-state index is 0.00968. The minimum Gasteiger partial charge on any atom is -0.467 e. The molecule has 1 aliphatic rings. The Labute approximate surface area is 171 Å². The number of nitrogens with one attached hydrogen (secondary N) is 1. The molecule has 0 spiro atoms. The fourth-order valence-electron chi connectivity index (χ4n) is 2.92. The number of methoxy groups -OCH3 is 2. The van der Waals surface area contributed by atoms with Gasteiger partial charge in [-0.15, -0.1) is 0 Å². The summed E-state index contributed by atoms with van der Waals surface area (Å²) in [5.74, 6) is -1.96. The van der Waals surface area contributed by atoms with E-state index in [0.29, 0.717) is 0 Å². The molecular formula is C19H32N2O8. The number of hydrogen-bond acceptors (Lipinski definition) is 8. The molecule has 1 saturated heterocycles. The van der Waals surface area contributed by atoms with E-state index in [2.05, 4.69) is 5.32 Å². The van der Waals surface area contributed by atoms with Crippen LogP contribution in [0.25, 0.3) is 0 Å². The van der Waals surface area contributed by atoms with Gasteiger partial charge in [0.2, 0.25) is 0 Å². The zero-order valence-corrected chi connectivity index (χ0v) is 18.4. The molecule has 1 aliphatic heterocycles.